The minimum atomic E-state index is -1.01. The lowest BCUT2D eigenvalue weighted by atomic mass is 10.1. The van der Waals surface area contributed by atoms with Gasteiger partial charge in [0.05, 0.1) is 10.6 Å². The van der Waals surface area contributed by atoms with E-state index in [0.29, 0.717) is 16.5 Å². The monoisotopic (exact) mass is 305 g/mol. The second-order valence-electron chi connectivity index (χ2n) is 5.11. The fraction of sp³-hybridized carbons (Fsp3) is 0.250. The molecule has 21 heavy (non-hydrogen) atoms. The number of hydrogen-bond acceptors (Lipinski definition) is 3. The van der Waals surface area contributed by atoms with E-state index in [0.717, 1.165) is 5.56 Å². The Morgan fingerprint density at radius 2 is 2.00 bits per heavy atom. The SMILES string of the molecule is Cc1ccc(Oc2cc(C(=O)O)cc(C(C)C)n2)c(Cl)c1. The van der Waals surface area contributed by atoms with Gasteiger partial charge in [0.25, 0.3) is 0 Å². The van der Waals surface area contributed by atoms with Crippen LogP contribution in [0.4, 0.5) is 0 Å². The number of carboxylic acids is 1. The molecule has 0 unspecified atom stereocenters. The number of aryl methyl sites for hydroxylation is 1. The zero-order valence-corrected chi connectivity index (χ0v) is 12.8. The summed E-state index contributed by atoms with van der Waals surface area (Å²) in [5.74, 6) is -0.240. The Morgan fingerprint density at radius 1 is 1.29 bits per heavy atom. The number of rotatable bonds is 4. The van der Waals surface area contributed by atoms with Gasteiger partial charge in [-0.25, -0.2) is 9.78 Å². The van der Waals surface area contributed by atoms with E-state index in [2.05, 4.69) is 4.98 Å². The summed E-state index contributed by atoms with van der Waals surface area (Å²) < 4.78 is 5.64. The summed E-state index contributed by atoms with van der Waals surface area (Å²) in [6.07, 6.45) is 0. The number of ether oxygens (including phenoxy) is 1. The Kier molecular flexibility index (Phi) is 4.48. The Bertz CT molecular complexity index is 683. The number of hydrogen-bond donors (Lipinski definition) is 1. The van der Waals surface area contributed by atoms with Gasteiger partial charge in [-0.2, -0.15) is 0 Å². The van der Waals surface area contributed by atoms with Crippen LogP contribution in [0.3, 0.4) is 0 Å². The Labute approximate surface area is 128 Å². The van der Waals surface area contributed by atoms with Gasteiger partial charge >= 0.3 is 5.97 Å². The van der Waals surface area contributed by atoms with E-state index >= 15 is 0 Å². The summed E-state index contributed by atoms with van der Waals surface area (Å²) in [6.45, 7) is 5.81. The number of aromatic nitrogens is 1. The average Bonchev–Trinajstić information content (AvgIpc) is 2.41. The molecule has 2 aromatic rings. The molecule has 1 N–H and O–H groups in total. The Balaban J connectivity index is 2.41. The maximum absolute atomic E-state index is 11.2. The van der Waals surface area contributed by atoms with Crippen molar-refractivity contribution in [2.45, 2.75) is 26.7 Å². The van der Waals surface area contributed by atoms with E-state index in [1.165, 1.54) is 6.07 Å². The minimum Gasteiger partial charge on any atom is -0.478 e. The minimum absolute atomic E-state index is 0.0974. The summed E-state index contributed by atoms with van der Waals surface area (Å²) in [4.78, 5) is 15.5. The highest BCUT2D eigenvalue weighted by molar-refractivity contribution is 6.32. The number of pyridine rings is 1. The van der Waals surface area contributed by atoms with Crippen LogP contribution in [-0.2, 0) is 0 Å². The molecule has 0 radical (unpaired) electrons. The highest BCUT2D eigenvalue weighted by Gasteiger charge is 2.13. The van der Waals surface area contributed by atoms with Crippen LogP contribution in [-0.4, -0.2) is 16.1 Å². The standard InChI is InChI=1S/C16H16ClNO3/c1-9(2)13-7-11(16(19)20)8-15(18-13)21-14-5-4-10(3)6-12(14)17/h4-9H,1-3H3,(H,19,20). The van der Waals surface area contributed by atoms with Crippen molar-refractivity contribution < 1.29 is 14.6 Å². The van der Waals surface area contributed by atoms with Crippen molar-refractivity contribution in [3.05, 3.63) is 52.2 Å². The summed E-state index contributed by atoms with van der Waals surface area (Å²) >= 11 is 6.11. The number of halogens is 1. The lowest BCUT2D eigenvalue weighted by Gasteiger charge is -2.11. The maximum Gasteiger partial charge on any atom is 0.335 e. The average molecular weight is 306 g/mol. The molecule has 2 rings (SSSR count). The molecule has 0 aliphatic heterocycles. The quantitative estimate of drug-likeness (QED) is 0.892. The van der Waals surface area contributed by atoms with Crippen LogP contribution in [0.25, 0.3) is 0 Å². The van der Waals surface area contributed by atoms with Crippen molar-refractivity contribution in [1.29, 1.82) is 0 Å². The molecule has 0 spiro atoms. The summed E-state index contributed by atoms with van der Waals surface area (Å²) in [5.41, 5.74) is 1.82. The van der Waals surface area contributed by atoms with Crippen molar-refractivity contribution in [3.63, 3.8) is 0 Å². The van der Waals surface area contributed by atoms with Gasteiger partial charge in [0.1, 0.15) is 5.75 Å². The van der Waals surface area contributed by atoms with E-state index < -0.39 is 5.97 Å². The van der Waals surface area contributed by atoms with Crippen LogP contribution in [0.1, 0.15) is 41.4 Å². The van der Waals surface area contributed by atoms with E-state index in [9.17, 15) is 4.79 Å². The zero-order chi connectivity index (χ0) is 15.6. The van der Waals surface area contributed by atoms with Gasteiger partial charge in [0, 0.05) is 11.8 Å². The van der Waals surface area contributed by atoms with Crippen LogP contribution in [0, 0.1) is 6.92 Å². The number of carboxylic acid groups (broad SMARTS) is 1. The first-order valence-electron chi connectivity index (χ1n) is 6.56. The highest BCUT2D eigenvalue weighted by Crippen LogP contribution is 2.30. The number of carbonyl (C=O) groups is 1. The van der Waals surface area contributed by atoms with Gasteiger partial charge < -0.3 is 9.84 Å². The topological polar surface area (TPSA) is 59.4 Å². The molecule has 0 aliphatic rings. The predicted molar refractivity (Wildman–Crippen MR) is 81.5 cm³/mol. The number of nitrogens with zero attached hydrogens (tertiary/aromatic N) is 1. The Hall–Kier alpha value is -2.07. The lowest BCUT2D eigenvalue weighted by molar-refractivity contribution is 0.0696. The molecular weight excluding hydrogens is 290 g/mol. The predicted octanol–water partition coefficient (Wildman–Crippen LogP) is 4.66. The smallest absolute Gasteiger partial charge is 0.335 e. The molecule has 0 saturated heterocycles. The van der Waals surface area contributed by atoms with E-state index in [1.807, 2.05) is 26.8 Å². The lowest BCUT2D eigenvalue weighted by Crippen LogP contribution is -2.03. The molecule has 1 aromatic carbocycles. The molecule has 1 heterocycles. The van der Waals surface area contributed by atoms with Crippen LogP contribution in [0.15, 0.2) is 30.3 Å². The van der Waals surface area contributed by atoms with Gasteiger partial charge in [0.2, 0.25) is 5.88 Å². The van der Waals surface area contributed by atoms with Crippen molar-refractivity contribution >= 4 is 17.6 Å². The molecule has 0 bridgehead atoms. The summed E-state index contributed by atoms with van der Waals surface area (Å²) in [5, 5.41) is 9.62. The molecule has 5 heteroatoms. The highest BCUT2D eigenvalue weighted by atomic mass is 35.5. The molecule has 0 atom stereocenters. The Morgan fingerprint density at radius 3 is 2.57 bits per heavy atom. The van der Waals surface area contributed by atoms with Crippen molar-refractivity contribution in [3.8, 4) is 11.6 Å². The number of aromatic carboxylic acids is 1. The second kappa shape index (κ2) is 6.14. The fourth-order valence-corrected chi connectivity index (χ4v) is 2.07. The molecule has 0 aliphatic carbocycles. The van der Waals surface area contributed by atoms with E-state index in [-0.39, 0.29) is 17.4 Å². The zero-order valence-electron chi connectivity index (χ0n) is 12.1. The number of benzene rings is 1. The van der Waals surface area contributed by atoms with Crippen molar-refractivity contribution in [2.75, 3.05) is 0 Å². The second-order valence-corrected chi connectivity index (χ2v) is 5.52. The third-order valence-corrected chi connectivity index (χ3v) is 3.26. The molecule has 0 saturated carbocycles. The third-order valence-electron chi connectivity index (χ3n) is 2.96. The van der Waals surface area contributed by atoms with Crippen LogP contribution < -0.4 is 4.74 Å². The first kappa shape index (κ1) is 15.3. The van der Waals surface area contributed by atoms with Gasteiger partial charge in [-0.1, -0.05) is 31.5 Å². The molecule has 0 amide bonds. The van der Waals surface area contributed by atoms with Gasteiger partial charge in [-0.15, -0.1) is 0 Å². The normalized spacial score (nSPS) is 10.7. The molecular formula is C16H16ClNO3. The molecule has 110 valence electrons. The summed E-state index contributed by atoms with van der Waals surface area (Å²) in [6, 6.07) is 8.33. The molecule has 4 nitrogen and oxygen atoms in total. The van der Waals surface area contributed by atoms with Crippen molar-refractivity contribution in [2.24, 2.45) is 0 Å². The van der Waals surface area contributed by atoms with Gasteiger partial charge in [-0.05, 0) is 36.6 Å². The fourth-order valence-electron chi connectivity index (χ4n) is 1.80. The maximum atomic E-state index is 11.2. The first-order valence-corrected chi connectivity index (χ1v) is 6.94. The van der Waals surface area contributed by atoms with E-state index in [4.69, 9.17) is 21.4 Å². The van der Waals surface area contributed by atoms with Crippen molar-refractivity contribution in [1.82, 2.24) is 4.98 Å². The van der Waals surface area contributed by atoms with Gasteiger partial charge in [-0.3, -0.25) is 0 Å². The molecule has 0 fully saturated rings. The van der Waals surface area contributed by atoms with Crippen LogP contribution in [0.5, 0.6) is 11.6 Å². The molecule has 1 aromatic heterocycles. The van der Waals surface area contributed by atoms with Gasteiger partial charge in [0.15, 0.2) is 0 Å². The first-order chi connectivity index (χ1) is 9.86. The van der Waals surface area contributed by atoms with Crippen LogP contribution in [0.2, 0.25) is 5.02 Å². The summed E-state index contributed by atoms with van der Waals surface area (Å²) in [7, 11) is 0. The third kappa shape index (κ3) is 3.73. The van der Waals surface area contributed by atoms with Crippen LogP contribution >= 0.6 is 11.6 Å². The largest absolute Gasteiger partial charge is 0.478 e. The van der Waals surface area contributed by atoms with E-state index in [1.54, 1.807) is 18.2 Å².